The minimum absolute atomic E-state index is 0.309. The Morgan fingerprint density at radius 1 is 1.22 bits per heavy atom. The Bertz CT molecular complexity index is 486. The van der Waals surface area contributed by atoms with Crippen molar-refractivity contribution in [3.05, 3.63) is 53.7 Å². The zero-order valence-corrected chi connectivity index (χ0v) is 10.4. The lowest BCUT2D eigenvalue weighted by atomic mass is 10.1. The van der Waals surface area contributed by atoms with Crippen LogP contribution in [0.15, 0.2) is 40.9 Å². The van der Waals surface area contributed by atoms with E-state index in [1.807, 2.05) is 12.3 Å². The molecule has 1 fully saturated rings. The molecule has 1 saturated heterocycles. The molecule has 0 aliphatic carbocycles. The van der Waals surface area contributed by atoms with Gasteiger partial charge in [0.15, 0.2) is 0 Å². The van der Waals surface area contributed by atoms with Crippen molar-refractivity contribution in [2.24, 2.45) is 0 Å². The van der Waals surface area contributed by atoms with E-state index in [1.54, 1.807) is 0 Å². The van der Waals surface area contributed by atoms with E-state index < -0.39 is 0 Å². The van der Waals surface area contributed by atoms with Crippen LogP contribution in [0.5, 0.6) is 0 Å². The zero-order chi connectivity index (χ0) is 12.2. The topological polar surface area (TPSA) is 38.1 Å². The Kier molecular flexibility index (Phi) is 3.42. The van der Waals surface area contributed by atoms with E-state index in [0.29, 0.717) is 6.04 Å². The molecule has 1 unspecified atom stereocenters. The molecule has 3 heteroatoms. The number of benzene rings is 1. The quantitative estimate of drug-likeness (QED) is 0.898. The number of nitrogens with zero attached hydrogens (tertiary/aromatic N) is 1. The third kappa shape index (κ3) is 2.62. The summed E-state index contributed by atoms with van der Waals surface area (Å²) in [6.07, 6.45) is 6.33. The van der Waals surface area contributed by atoms with E-state index in [1.165, 1.54) is 18.4 Å². The molecular formula is C15H18N2O. The van der Waals surface area contributed by atoms with Crippen LogP contribution >= 0.6 is 0 Å². The summed E-state index contributed by atoms with van der Waals surface area (Å²) in [6, 6.07) is 10.7. The van der Waals surface area contributed by atoms with Crippen molar-refractivity contribution in [3.8, 4) is 0 Å². The maximum Gasteiger partial charge on any atom is 0.211 e. The number of piperidine rings is 1. The molecule has 1 aliphatic rings. The molecule has 0 saturated carbocycles. The maximum atomic E-state index is 5.85. The first-order valence-electron chi connectivity index (χ1n) is 6.64. The monoisotopic (exact) mass is 242 g/mol. The smallest absolute Gasteiger partial charge is 0.211 e. The molecule has 0 spiro atoms. The summed E-state index contributed by atoms with van der Waals surface area (Å²) in [5.41, 5.74) is 1.26. The summed E-state index contributed by atoms with van der Waals surface area (Å²) in [5.74, 6) is 1.80. The molecule has 2 aromatic rings. The predicted molar refractivity (Wildman–Crippen MR) is 70.3 cm³/mol. The summed E-state index contributed by atoms with van der Waals surface area (Å²) < 4.78 is 5.85. The van der Waals surface area contributed by atoms with Crippen LogP contribution in [-0.4, -0.2) is 11.5 Å². The molecule has 1 aromatic heterocycles. The van der Waals surface area contributed by atoms with Crippen molar-refractivity contribution in [1.29, 1.82) is 0 Å². The van der Waals surface area contributed by atoms with Crippen LogP contribution in [0.2, 0.25) is 0 Å². The first-order chi connectivity index (χ1) is 8.92. The fraction of sp³-hybridized carbons (Fsp3) is 0.400. The minimum Gasteiger partial charge on any atom is -0.444 e. The average molecular weight is 242 g/mol. The van der Waals surface area contributed by atoms with Gasteiger partial charge < -0.3 is 9.73 Å². The lowest BCUT2D eigenvalue weighted by molar-refractivity contribution is 0.331. The predicted octanol–water partition coefficient (Wildman–Crippen LogP) is 3.08. The summed E-state index contributed by atoms with van der Waals surface area (Å²) in [4.78, 5) is 4.41. The van der Waals surface area contributed by atoms with Gasteiger partial charge in [0, 0.05) is 6.42 Å². The van der Waals surface area contributed by atoms with Gasteiger partial charge in [-0.25, -0.2) is 4.98 Å². The molecule has 1 aliphatic heterocycles. The third-order valence-corrected chi connectivity index (χ3v) is 3.40. The van der Waals surface area contributed by atoms with Gasteiger partial charge in [-0.3, -0.25) is 0 Å². The highest BCUT2D eigenvalue weighted by atomic mass is 16.4. The lowest BCUT2D eigenvalue weighted by Gasteiger charge is -2.20. The highest BCUT2D eigenvalue weighted by Gasteiger charge is 2.19. The van der Waals surface area contributed by atoms with E-state index in [2.05, 4.69) is 34.6 Å². The number of hydrogen-bond acceptors (Lipinski definition) is 3. The molecule has 0 bridgehead atoms. The first kappa shape index (κ1) is 11.5. The van der Waals surface area contributed by atoms with Gasteiger partial charge in [-0.2, -0.15) is 0 Å². The van der Waals surface area contributed by atoms with Gasteiger partial charge in [0.05, 0.1) is 12.2 Å². The largest absolute Gasteiger partial charge is 0.444 e. The van der Waals surface area contributed by atoms with Crippen LogP contribution < -0.4 is 5.32 Å². The summed E-state index contributed by atoms with van der Waals surface area (Å²) >= 11 is 0. The van der Waals surface area contributed by atoms with Gasteiger partial charge >= 0.3 is 0 Å². The van der Waals surface area contributed by atoms with Gasteiger partial charge in [-0.05, 0) is 24.9 Å². The summed E-state index contributed by atoms with van der Waals surface area (Å²) in [5, 5.41) is 3.46. The third-order valence-electron chi connectivity index (χ3n) is 3.40. The number of nitrogens with one attached hydrogen (secondary N) is 1. The molecule has 0 radical (unpaired) electrons. The van der Waals surface area contributed by atoms with Gasteiger partial charge in [0.25, 0.3) is 0 Å². The number of rotatable bonds is 3. The second kappa shape index (κ2) is 5.36. The second-order valence-corrected chi connectivity index (χ2v) is 4.83. The fourth-order valence-electron chi connectivity index (χ4n) is 2.43. The van der Waals surface area contributed by atoms with Crippen molar-refractivity contribution in [3.63, 3.8) is 0 Å². The zero-order valence-electron chi connectivity index (χ0n) is 10.4. The lowest BCUT2D eigenvalue weighted by Crippen LogP contribution is -2.26. The van der Waals surface area contributed by atoms with E-state index >= 15 is 0 Å². The number of aromatic nitrogens is 1. The number of oxazole rings is 1. The van der Waals surface area contributed by atoms with Crippen LogP contribution in [0.1, 0.15) is 42.5 Å². The Labute approximate surface area is 107 Å². The molecule has 1 N–H and O–H groups in total. The van der Waals surface area contributed by atoms with Gasteiger partial charge in [0.1, 0.15) is 5.76 Å². The molecule has 18 heavy (non-hydrogen) atoms. The van der Waals surface area contributed by atoms with E-state index in [4.69, 9.17) is 4.42 Å². The molecule has 2 heterocycles. The van der Waals surface area contributed by atoms with Gasteiger partial charge in [-0.1, -0.05) is 36.8 Å². The molecule has 3 nitrogen and oxygen atoms in total. The molecular weight excluding hydrogens is 224 g/mol. The second-order valence-electron chi connectivity index (χ2n) is 4.83. The van der Waals surface area contributed by atoms with E-state index in [-0.39, 0.29) is 0 Å². The fourth-order valence-corrected chi connectivity index (χ4v) is 2.43. The Balaban J connectivity index is 1.69. The number of hydrogen-bond donors (Lipinski definition) is 1. The molecule has 3 rings (SSSR count). The average Bonchev–Trinajstić information content (AvgIpc) is 2.89. The van der Waals surface area contributed by atoms with Crippen LogP contribution in [0.25, 0.3) is 0 Å². The molecule has 1 atom stereocenters. The summed E-state index contributed by atoms with van der Waals surface area (Å²) in [6.45, 7) is 1.07. The van der Waals surface area contributed by atoms with Crippen molar-refractivity contribution >= 4 is 0 Å². The highest BCUT2D eigenvalue weighted by molar-refractivity contribution is 5.19. The van der Waals surface area contributed by atoms with Crippen molar-refractivity contribution in [2.75, 3.05) is 6.54 Å². The molecule has 1 aromatic carbocycles. The normalized spacial score (nSPS) is 19.9. The van der Waals surface area contributed by atoms with Crippen LogP contribution in [0.3, 0.4) is 0 Å². The summed E-state index contributed by atoms with van der Waals surface area (Å²) in [7, 11) is 0. The van der Waals surface area contributed by atoms with Gasteiger partial charge in [0.2, 0.25) is 5.89 Å². The highest BCUT2D eigenvalue weighted by Crippen LogP contribution is 2.23. The Morgan fingerprint density at radius 2 is 2.11 bits per heavy atom. The van der Waals surface area contributed by atoms with Crippen molar-refractivity contribution in [1.82, 2.24) is 10.3 Å². The first-order valence-corrected chi connectivity index (χ1v) is 6.64. The van der Waals surface area contributed by atoms with Crippen molar-refractivity contribution in [2.45, 2.75) is 31.7 Å². The standard InChI is InChI=1S/C15H18N2O/c1-2-6-12(7-3-1)10-13-11-17-15(18-13)14-8-4-5-9-16-14/h1-3,6-7,11,14,16H,4-5,8-10H2. The van der Waals surface area contributed by atoms with E-state index in [9.17, 15) is 0 Å². The van der Waals surface area contributed by atoms with E-state index in [0.717, 1.165) is 31.0 Å². The van der Waals surface area contributed by atoms with Crippen LogP contribution in [0.4, 0.5) is 0 Å². The molecule has 94 valence electrons. The van der Waals surface area contributed by atoms with Gasteiger partial charge in [-0.15, -0.1) is 0 Å². The SMILES string of the molecule is c1ccc(Cc2cnc(C3CCCCN3)o2)cc1. The van der Waals surface area contributed by atoms with Crippen LogP contribution in [0, 0.1) is 0 Å². The Hall–Kier alpha value is -1.61. The Morgan fingerprint density at radius 3 is 2.89 bits per heavy atom. The van der Waals surface area contributed by atoms with Crippen LogP contribution in [-0.2, 0) is 6.42 Å². The maximum absolute atomic E-state index is 5.85. The van der Waals surface area contributed by atoms with Crippen molar-refractivity contribution < 1.29 is 4.42 Å². The minimum atomic E-state index is 0.309. The molecule has 0 amide bonds.